The van der Waals surface area contributed by atoms with E-state index in [0.717, 1.165) is 4.90 Å². The standard InChI is InChI=1S/C16H23Cl2N3O2/c1-10(21(5)9-14(22)20-16(2,3)4)15(23)19-13-7-6-11(17)8-12(13)18/h6-8,10H,9H2,1-5H3,(H,19,23)(H,20,22)/p+1/t10-/m0/s1. The fraction of sp³-hybridized carbons (Fsp3) is 0.500. The highest BCUT2D eigenvalue weighted by molar-refractivity contribution is 6.36. The van der Waals surface area contributed by atoms with Gasteiger partial charge in [0.15, 0.2) is 12.6 Å². The zero-order chi connectivity index (χ0) is 17.8. The minimum absolute atomic E-state index is 0.0980. The summed E-state index contributed by atoms with van der Waals surface area (Å²) in [6.07, 6.45) is 0. The number of rotatable bonds is 5. The number of halogens is 2. The third kappa shape index (κ3) is 6.77. The average Bonchev–Trinajstić information content (AvgIpc) is 2.38. The molecule has 0 radical (unpaired) electrons. The van der Waals surface area contributed by atoms with Gasteiger partial charge in [-0.1, -0.05) is 23.2 Å². The van der Waals surface area contributed by atoms with Crippen LogP contribution >= 0.6 is 23.2 Å². The van der Waals surface area contributed by atoms with E-state index < -0.39 is 6.04 Å². The molecule has 0 bridgehead atoms. The Morgan fingerprint density at radius 1 is 1.26 bits per heavy atom. The Balaban J connectivity index is 2.63. The molecule has 0 saturated heterocycles. The molecule has 0 aliphatic carbocycles. The van der Waals surface area contributed by atoms with Gasteiger partial charge in [-0.3, -0.25) is 9.59 Å². The number of carbonyl (C=O) groups excluding carboxylic acids is 2. The predicted octanol–water partition coefficient (Wildman–Crippen LogP) is 1.75. The molecule has 3 N–H and O–H groups in total. The highest BCUT2D eigenvalue weighted by atomic mass is 35.5. The van der Waals surface area contributed by atoms with E-state index in [0.29, 0.717) is 15.7 Å². The Morgan fingerprint density at radius 2 is 1.87 bits per heavy atom. The molecule has 0 aromatic heterocycles. The van der Waals surface area contributed by atoms with E-state index in [4.69, 9.17) is 23.2 Å². The van der Waals surface area contributed by atoms with Crippen molar-refractivity contribution < 1.29 is 14.5 Å². The van der Waals surface area contributed by atoms with Gasteiger partial charge in [-0.25, -0.2) is 0 Å². The number of hydrogen-bond acceptors (Lipinski definition) is 2. The van der Waals surface area contributed by atoms with Crippen LogP contribution in [0.4, 0.5) is 5.69 Å². The Labute approximate surface area is 147 Å². The summed E-state index contributed by atoms with van der Waals surface area (Å²) >= 11 is 11.9. The van der Waals surface area contributed by atoms with E-state index in [1.165, 1.54) is 0 Å². The molecule has 1 aromatic rings. The molecule has 0 aliphatic heterocycles. The van der Waals surface area contributed by atoms with Crippen molar-refractivity contribution in [1.82, 2.24) is 5.32 Å². The molecule has 0 heterocycles. The zero-order valence-electron chi connectivity index (χ0n) is 14.1. The largest absolute Gasteiger partial charge is 0.347 e. The maximum Gasteiger partial charge on any atom is 0.282 e. The Kier molecular flexibility index (Phi) is 6.86. The maximum absolute atomic E-state index is 12.3. The average molecular weight is 361 g/mol. The second-order valence-electron chi connectivity index (χ2n) is 6.66. The van der Waals surface area contributed by atoms with Crippen LogP contribution in [0.1, 0.15) is 27.7 Å². The number of quaternary nitrogens is 1. The van der Waals surface area contributed by atoms with Gasteiger partial charge in [0, 0.05) is 10.6 Å². The van der Waals surface area contributed by atoms with Crippen LogP contribution in [0.5, 0.6) is 0 Å². The summed E-state index contributed by atoms with van der Waals surface area (Å²) in [5.41, 5.74) is 0.208. The lowest BCUT2D eigenvalue weighted by molar-refractivity contribution is -0.885. The first kappa shape index (κ1) is 19.7. The predicted molar refractivity (Wildman–Crippen MR) is 94.2 cm³/mol. The lowest BCUT2D eigenvalue weighted by Crippen LogP contribution is -3.15. The zero-order valence-corrected chi connectivity index (χ0v) is 15.6. The third-order valence-electron chi connectivity index (χ3n) is 3.28. The van der Waals surface area contributed by atoms with Crippen molar-refractivity contribution in [3.05, 3.63) is 28.2 Å². The third-order valence-corrected chi connectivity index (χ3v) is 3.82. The number of amides is 2. The molecule has 7 heteroatoms. The van der Waals surface area contributed by atoms with Crippen molar-refractivity contribution in [3.63, 3.8) is 0 Å². The molecule has 23 heavy (non-hydrogen) atoms. The highest BCUT2D eigenvalue weighted by Crippen LogP contribution is 2.25. The van der Waals surface area contributed by atoms with Gasteiger partial charge in [0.1, 0.15) is 0 Å². The van der Waals surface area contributed by atoms with Gasteiger partial charge in [0.25, 0.3) is 11.8 Å². The molecule has 128 valence electrons. The van der Waals surface area contributed by atoms with Crippen molar-refractivity contribution in [3.8, 4) is 0 Å². The number of likely N-dealkylation sites (N-methyl/N-ethyl adjacent to an activating group) is 1. The van der Waals surface area contributed by atoms with Crippen LogP contribution in [0.3, 0.4) is 0 Å². The topological polar surface area (TPSA) is 62.6 Å². The summed E-state index contributed by atoms with van der Waals surface area (Å²) in [6.45, 7) is 7.72. The first-order valence-electron chi connectivity index (χ1n) is 7.39. The lowest BCUT2D eigenvalue weighted by Gasteiger charge is -2.24. The number of nitrogens with one attached hydrogen (secondary N) is 3. The van der Waals surface area contributed by atoms with E-state index in [-0.39, 0.29) is 23.9 Å². The molecular formula is C16H24Cl2N3O2+. The molecule has 0 saturated carbocycles. The molecule has 1 rings (SSSR count). The van der Waals surface area contributed by atoms with E-state index in [2.05, 4.69) is 10.6 Å². The Morgan fingerprint density at radius 3 is 2.39 bits per heavy atom. The summed E-state index contributed by atoms with van der Waals surface area (Å²) in [5.74, 6) is -0.311. The van der Waals surface area contributed by atoms with E-state index in [1.807, 2.05) is 20.8 Å². The molecule has 1 aromatic carbocycles. The first-order valence-corrected chi connectivity index (χ1v) is 8.14. The summed E-state index contributed by atoms with van der Waals surface area (Å²) in [6, 6.07) is 4.46. The normalized spacial score (nSPS) is 14.0. The number of benzene rings is 1. The van der Waals surface area contributed by atoms with Crippen LogP contribution in [-0.4, -0.2) is 37.0 Å². The molecule has 2 atom stereocenters. The number of carbonyl (C=O) groups is 2. The van der Waals surface area contributed by atoms with Gasteiger partial charge in [-0.05, 0) is 45.9 Å². The second kappa shape index (κ2) is 7.99. The molecule has 5 nitrogen and oxygen atoms in total. The van der Waals surface area contributed by atoms with Gasteiger partial charge in [0.05, 0.1) is 17.8 Å². The minimum Gasteiger partial charge on any atom is -0.347 e. The smallest absolute Gasteiger partial charge is 0.282 e. The van der Waals surface area contributed by atoms with E-state index in [1.54, 1.807) is 32.2 Å². The fourth-order valence-electron chi connectivity index (χ4n) is 1.92. The molecule has 1 unspecified atom stereocenters. The van der Waals surface area contributed by atoms with Crippen molar-refractivity contribution >= 4 is 40.7 Å². The molecule has 0 spiro atoms. The SMILES string of the molecule is C[C@@H](C(=O)Nc1ccc(Cl)cc1Cl)[NH+](C)CC(=O)NC(C)(C)C. The van der Waals surface area contributed by atoms with Crippen LogP contribution in [0.15, 0.2) is 18.2 Å². The maximum atomic E-state index is 12.3. The van der Waals surface area contributed by atoms with Gasteiger partial charge >= 0.3 is 0 Å². The van der Waals surface area contributed by atoms with Crippen LogP contribution in [0, 0.1) is 0 Å². The van der Waals surface area contributed by atoms with E-state index >= 15 is 0 Å². The summed E-state index contributed by atoms with van der Waals surface area (Å²) in [7, 11) is 1.80. The quantitative estimate of drug-likeness (QED) is 0.748. The van der Waals surface area contributed by atoms with Gasteiger partial charge < -0.3 is 15.5 Å². The van der Waals surface area contributed by atoms with Crippen molar-refractivity contribution in [1.29, 1.82) is 0 Å². The van der Waals surface area contributed by atoms with Gasteiger partial charge in [-0.15, -0.1) is 0 Å². The first-order chi connectivity index (χ1) is 10.5. The number of anilines is 1. The highest BCUT2D eigenvalue weighted by Gasteiger charge is 2.25. The van der Waals surface area contributed by atoms with E-state index in [9.17, 15) is 9.59 Å². The van der Waals surface area contributed by atoms with Crippen molar-refractivity contribution in [2.45, 2.75) is 39.3 Å². The Hall–Kier alpha value is -1.30. The summed E-state index contributed by atoms with van der Waals surface area (Å²) < 4.78 is 0. The monoisotopic (exact) mass is 360 g/mol. The summed E-state index contributed by atoms with van der Waals surface area (Å²) in [4.78, 5) is 25.0. The molecule has 2 amide bonds. The fourth-order valence-corrected chi connectivity index (χ4v) is 2.38. The molecular weight excluding hydrogens is 337 g/mol. The van der Waals surface area contributed by atoms with Gasteiger partial charge in [-0.2, -0.15) is 0 Å². The summed E-state index contributed by atoms with van der Waals surface area (Å²) in [5, 5.41) is 6.52. The van der Waals surface area contributed by atoms with Crippen molar-refractivity contribution in [2.75, 3.05) is 18.9 Å². The second-order valence-corrected chi connectivity index (χ2v) is 7.50. The van der Waals surface area contributed by atoms with Crippen LogP contribution in [0.25, 0.3) is 0 Å². The minimum atomic E-state index is -0.410. The van der Waals surface area contributed by atoms with Crippen LogP contribution < -0.4 is 15.5 Å². The Bertz CT molecular complexity index is 585. The lowest BCUT2D eigenvalue weighted by atomic mass is 10.1. The molecule has 0 aliphatic rings. The van der Waals surface area contributed by atoms with Crippen molar-refractivity contribution in [2.24, 2.45) is 0 Å². The van der Waals surface area contributed by atoms with Crippen LogP contribution in [-0.2, 0) is 9.59 Å². The van der Waals surface area contributed by atoms with Crippen LogP contribution in [0.2, 0.25) is 10.0 Å². The molecule has 0 fully saturated rings. The van der Waals surface area contributed by atoms with Gasteiger partial charge in [0.2, 0.25) is 0 Å². The number of hydrogen-bond donors (Lipinski definition) is 3.